The zero-order chi connectivity index (χ0) is 17.4. The quantitative estimate of drug-likeness (QED) is 0.561. The smallest absolute Gasteiger partial charge is 0.158 e. The number of anilines is 1. The molecule has 0 spiro atoms. The molecule has 1 N–H and O–H groups in total. The Morgan fingerprint density at radius 2 is 2.00 bits per heavy atom. The fourth-order valence-electron chi connectivity index (χ4n) is 3.24. The van der Waals surface area contributed by atoms with Crippen LogP contribution in [0.2, 0.25) is 0 Å². The number of fused-ring (bicyclic) bond motifs is 3. The first kappa shape index (κ1) is 15.6. The summed E-state index contributed by atoms with van der Waals surface area (Å²) in [6, 6.07) is 10.2. The Bertz CT molecular complexity index is 1030. The van der Waals surface area contributed by atoms with Crippen molar-refractivity contribution in [1.29, 1.82) is 0 Å². The van der Waals surface area contributed by atoms with Crippen LogP contribution in [0.4, 0.5) is 5.82 Å². The van der Waals surface area contributed by atoms with E-state index in [4.69, 9.17) is 9.51 Å². The maximum Gasteiger partial charge on any atom is 0.158 e. The zero-order valence-corrected chi connectivity index (χ0v) is 14.7. The first-order valence-corrected chi connectivity index (χ1v) is 8.54. The molecule has 0 fully saturated rings. The number of aromatic nitrogens is 4. The van der Waals surface area contributed by atoms with E-state index >= 15 is 0 Å². The van der Waals surface area contributed by atoms with E-state index in [1.807, 2.05) is 43.5 Å². The molecule has 4 aromatic rings. The van der Waals surface area contributed by atoms with Gasteiger partial charge in [-0.2, -0.15) is 5.10 Å². The topological polar surface area (TPSA) is 68.2 Å². The molecule has 1 aromatic carbocycles. The van der Waals surface area contributed by atoms with Crippen LogP contribution in [0.1, 0.15) is 29.1 Å². The third-order valence-electron chi connectivity index (χ3n) is 4.50. The van der Waals surface area contributed by atoms with Gasteiger partial charge in [0.25, 0.3) is 0 Å². The van der Waals surface area contributed by atoms with Crippen LogP contribution < -0.4 is 5.32 Å². The summed E-state index contributed by atoms with van der Waals surface area (Å²) in [4.78, 5) is 4.75. The highest BCUT2D eigenvalue weighted by molar-refractivity contribution is 5.91. The van der Waals surface area contributed by atoms with Gasteiger partial charge >= 0.3 is 0 Å². The second kappa shape index (κ2) is 6.20. The molecular weight excluding hydrogens is 314 g/mol. The minimum atomic E-state index is 0.838. The van der Waals surface area contributed by atoms with Crippen LogP contribution in [-0.2, 0) is 6.42 Å². The van der Waals surface area contributed by atoms with Crippen LogP contribution in [0.25, 0.3) is 16.6 Å². The molecule has 0 amide bonds. The first-order chi connectivity index (χ1) is 12.1. The molecular formula is C19H21N5O. The lowest BCUT2D eigenvalue weighted by Gasteiger charge is -2.10. The van der Waals surface area contributed by atoms with Crippen LogP contribution in [-0.4, -0.2) is 26.3 Å². The van der Waals surface area contributed by atoms with Crippen molar-refractivity contribution < 1.29 is 4.52 Å². The van der Waals surface area contributed by atoms with Crippen LogP contribution in [0.15, 0.2) is 34.9 Å². The Labute approximate surface area is 145 Å². The molecule has 0 unspecified atom stereocenters. The lowest BCUT2D eigenvalue weighted by Crippen LogP contribution is -2.07. The summed E-state index contributed by atoms with van der Waals surface area (Å²) in [5, 5.41) is 13.1. The molecule has 0 atom stereocenters. The van der Waals surface area contributed by atoms with E-state index in [-0.39, 0.29) is 0 Å². The molecule has 0 aliphatic rings. The van der Waals surface area contributed by atoms with Gasteiger partial charge in [-0.15, -0.1) is 0 Å². The van der Waals surface area contributed by atoms with Gasteiger partial charge in [-0.3, -0.25) is 0 Å². The molecule has 128 valence electrons. The van der Waals surface area contributed by atoms with E-state index in [1.165, 1.54) is 5.56 Å². The Morgan fingerprint density at radius 1 is 1.16 bits per heavy atom. The largest absolute Gasteiger partial charge is 0.369 e. The predicted octanol–water partition coefficient (Wildman–Crippen LogP) is 3.84. The molecule has 6 nitrogen and oxygen atoms in total. The summed E-state index contributed by atoms with van der Waals surface area (Å²) in [6.45, 7) is 6.78. The highest BCUT2D eigenvalue weighted by Crippen LogP contribution is 2.23. The van der Waals surface area contributed by atoms with Crippen LogP contribution in [0, 0.1) is 20.8 Å². The monoisotopic (exact) mass is 335 g/mol. The summed E-state index contributed by atoms with van der Waals surface area (Å²) in [7, 11) is 0. The van der Waals surface area contributed by atoms with Crippen molar-refractivity contribution >= 4 is 22.4 Å². The van der Waals surface area contributed by atoms with Crippen LogP contribution in [0.5, 0.6) is 0 Å². The van der Waals surface area contributed by atoms with Gasteiger partial charge in [-0.05, 0) is 45.7 Å². The number of hydrogen-bond acceptors (Lipinski definition) is 5. The molecule has 0 saturated heterocycles. The number of nitrogens with one attached hydrogen (secondary N) is 1. The third-order valence-corrected chi connectivity index (χ3v) is 4.50. The van der Waals surface area contributed by atoms with Gasteiger partial charge in [-0.25, -0.2) is 9.50 Å². The molecule has 0 bridgehead atoms. The lowest BCUT2D eigenvalue weighted by atomic mass is 10.1. The number of nitrogens with zero attached hydrogens (tertiary/aromatic N) is 4. The molecule has 0 radical (unpaired) electrons. The highest BCUT2D eigenvalue weighted by atomic mass is 16.5. The average Bonchev–Trinajstić information content (AvgIpc) is 3.14. The molecule has 0 saturated carbocycles. The van der Waals surface area contributed by atoms with Gasteiger partial charge in [0.15, 0.2) is 5.65 Å². The number of rotatable bonds is 5. The van der Waals surface area contributed by atoms with E-state index in [0.29, 0.717) is 0 Å². The minimum Gasteiger partial charge on any atom is -0.369 e. The summed E-state index contributed by atoms with van der Waals surface area (Å²) in [5.41, 5.74) is 5.09. The lowest BCUT2D eigenvalue weighted by molar-refractivity contribution is 0.392. The van der Waals surface area contributed by atoms with Crippen molar-refractivity contribution in [2.45, 2.75) is 33.6 Å². The van der Waals surface area contributed by atoms with Gasteiger partial charge in [0, 0.05) is 23.6 Å². The summed E-state index contributed by atoms with van der Waals surface area (Å²) in [6.07, 6.45) is 1.93. The predicted molar refractivity (Wildman–Crippen MR) is 98.0 cm³/mol. The zero-order valence-electron chi connectivity index (χ0n) is 14.7. The fourth-order valence-corrected chi connectivity index (χ4v) is 3.24. The van der Waals surface area contributed by atoms with Crippen molar-refractivity contribution in [3.63, 3.8) is 0 Å². The number of benzene rings is 1. The minimum absolute atomic E-state index is 0.838. The summed E-state index contributed by atoms with van der Waals surface area (Å²) < 4.78 is 7.13. The second-order valence-electron chi connectivity index (χ2n) is 6.37. The van der Waals surface area contributed by atoms with Gasteiger partial charge in [-0.1, -0.05) is 17.3 Å². The molecule has 3 aromatic heterocycles. The van der Waals surface area contributed by atoms with E-state index in [1.54, 1.807) is 0 Å². The Balaban J connectivity index is 1.56. The molecule has 0 aliphatic heterocycles. The van der Waals surface area contributed by atoms with E-state index < -0.39 is 0 Å². The van der Waals surface area contributed by atoms with E-state index in [0.717, 1.165) is 58.9 Å². The Kier molecular flexibility index (Phi) is 3.87. The molecule has 4 rings (SSSR count). The maximum atomic E-state index is 5.23. The number of para-hydroxylation sites is 1. The second-order valence-corrected chi connectivity index (χ2v) is 6.37. The van der Waals surface area contributed by atoms with Crippen molar-refractivity contribution in [2.24, 2.45) is 0 Å². The molecule has 25 heavy (non-hydrogen) atoms. The first-order valence-electron chi connectivity index (χ1n) is 8.54. The van der Waals surface area contributed by atoms with Gasteiger partial charge in [0.05, 0.1) is 16.9 Å². The van der Waals surface area contributed by atoms with Crippen LogP contribution >= 0.6 is 0 Å². The number of aryl methyl sites for hydroxylation is 3. The van der Waals surface area contributed by atoms with Crippen molar-refractivity contribution in [3.05, 3.63) is 53.0 Å². The average molecular weight is 335 g/mol. The van der Waals surface area contributed by atoms with Gasteiger partial charge in [0.1, 0.15) is 11.6 Å². The highest BCUT2D eigenvalue weighted by Gasteiger charge is 2.11. The number of hydrogen-bond donors (Lipinski definition) is 1. The summed E-state index contributed by atoms with van der Waals surface area (Å²) in [5.74, 6) is 1.82. The van der Waals surface area contributed by atoms with Gasteiger partial charge < -0.3 is 9.84 Å². The summed E-state index contributed by atoms with van der Waals surface area (Å²) >= 11 is 0. The third kappa shape index (κ3) is 2.84. The van der Waals surface area contributed by atoms with Crippen molar-refractivity contribution in [1.82, 2.24) is 19.8 Å². The van der Waals surface area contributed by atoms with Gasteiger partial charge in [0.2, 0.25) is 0 Å². The molecule has 0 aliphatic carbocycles. The van der Waals surface area contributed by atoms with E-state index in [2.05, 4.69) is 27.7 Å². The standard InChI is InChI=1S/C19H21N5O/c1-12-11-18-21-19(16-7-4-5-9-17(16)24(18)22-12)20-10-6-8-15-13(2)23-25-14(15)3/h4-5,7,9,11H,6,8,10H2,1-3H3,(H,20,21). The maximum absolute atomic E-state index is 5.23. The van der Waals surface area contributed by atoms with Crippen molar-refractivity contribution in [3.8, 4) is 0 Å². The van der Waals surface area contributed by atoms with E-state index in [9.17, 15) is 0 Å². The normalized spacial score (nSPS) is 11.5. The van der Waals surface area contributed by atoms with Crippen molar-refractivity contribution in [2.75, 3.05) is 11.9 Å². The molecule has 6 heteroatoms. The van der Waals surface area contributed by atoms with Crippen LogP contribution in [0.3, 0.4) is 0 Å². The molecule has 3 heterocycles. The fraction of sp³-hybridized carbons (Fsp3) is 0.316. The Hall–Kier alpha value is -2.89. The Morgan fingerprint density at radius 3 is 2.80 bits per heavy atom. The SMILES string of the molecule is Cc1cc2nc(NCCCc3c(C)noc3C)c3ccccc3n2n1.